The predicted octanol–water partition coefficient (Wildman–Crippen LogP) is 8.54. The molecule has 0 nitrogen and oxygen atoms in total. The number of thiophene rings is 1. The second kappa shape index (κ2) is 8.93. The Morgan fingerprint density at radius 2 is 1.70 bits per heavy atom. The summed E-state index contributed by atoms with van der Waals surface area (Å²) >= 11 is 2.02. The zero-order valence-electron chi connectivity index (χ0n) is 23.4. The lowest BCUT2D eigenvalue weighted by Crippen LogP contribution is -2.22. The fourth-order valence-corrected chi connectivity index (χ4v) is 13.0. The van der Waals surface area contributed by atoms with E-state index in [1.807, 2.05) is 11.3 Å². The number of fused-ring (bicyclic) bond motifs is 3. The highest BCUT2D eigenvalue weighted by molar-refractivity contribution is 8.21. The van der Waals surface area contributed by atoms with Crippen molar-refractivity contribution in [2.75, 3.05) is 0 Å². The molecule has 0 N–H and O–H groups in total. The molecule has 1 aromatic heterocycles. The predicted molar refractivity (Wildman–Crippen MR) is 171 cm³/mol. The van der Waals surface area contributed by atoms with Crippen molar-refractivity contribution in [1.82, 2.24) is 0 Å². The molecule has 0 bridgehead atoms. The standard InChI is InChI=1S/C34H37S2Si/c1-9-22-19-27-25(23-13-15-24(16-14-23)34(4,5)6)11-10-12-26(27)31(22)36-21(3)18-29-28-17-20(2)35-30(28)33(32(29)36)37(7)8/h10-19,31H,9H2,1-8H3. The molecule has 2 heterocycles. The van der Waals surface area contributed by atoms with Gasteiger partial charge < -0.3 is 0 Å². The quantitative estimate of drug-likeness (QED) is 0.231. The van der Waals surface area contributed by atoms with Gasteiger partial charge in [-0.2, -0.15) is 0 Å². The van der Waals surface area contributed by atoms with Crippen LogP contribution in [0.1, 0.15) is 67.9 Å². The Bertz CT molecular complexity index is 1660. The normalized spacial score (nSPS) is 20.4. The fourth-order valence-electron chi connectivity index (χ4n) is 6.22. The first-order valence-electron chi connectivity index (χ1n) is 13.5. The lowest BCUT2D eigenvalue weighted by molar-refractivity contribution is 0.590. The molecule has 0 saturated heterocycles. The SMILES string of the molecule is CCC1=Cc2c(-c3ccc(C(C)(C)C)cc3)cccc2C1S1=C2C(=c3cc(C)sc3=C2[Si](C)C)C=C1C. The van der Waals surface area contributed by atoms with Crippen molar-refractivity contribution in [2.45, 2.75) is 71.7 Å². The third kappa shape index (κ3) is 3.88. The van der Waals surface area contributed by atoms with Crippen LogP contribution in [0.3, 0.4) is 0 Å². The maximum absolute atomic E-state index is 2.55. The van der Waals surface area contributed by atoms with Crippen molar-refractivity contribution >= 4 is 52.3 Å². The van der Waals surface area contributed by atoms with E-state index < -0.39 is 8.80 Å². The van der Waals surface area contributed by atoms with Crippen LogP contribution >= 0.6 is 21.8 Å². The van der Waals surface area contributed by atoms with Gasteiger partial charge in [0, 0.05) is 19.5 Å². The minimum Gasteiger partial charge on any atom is -0.141 e. The van der Waals surface area contributed by atoms with Gasteiger partial charge in [-0.25, -0.2) is 0 Å². The molecule has 3 aliphatic rings. The van der Waals surface area contributed by atoms with Crippen molar-refractivity contribution in [2.24, 2.45) is 0 Å². The highest BCUT2D eigenvalue weighted by atomic mass is 32.2. The summed E-state index contributed by atoms with van der Waals surface area (Å²) in [4.78, 5) is 4.70. The molecule has 1 aliphatic heterocycles. The highest BCUT2D eigenvalue weighted by Gasteiger charge is 2.37. The molecule has 2 atom stereocenters. The van der Waals surface area contributed by atoms with E-state index in [-0.39, 0.29) is 15.9 Å². The molecule has 3 heteroatoms. The summed E-state index contributed by atoms with van der Waals surface area (Å²) in [6.07, 6.45) is 6.19. The van der Waals surface area contributed by atoms with Crippen LogP contribution in [-0.2, 0) is 5.41 Å². The molecule has 2 unspecified atom stereocenters. The molecular formula is C34H37S2Si. The van der Waals surface area contributed by atoms with Crippen LogP contribution < -0.4 is 9.75 Å². The molecule has 1 radical (unpaired) electrons. The Labute approximate surface area is 230 Å². The van der Waals surface area contributed by atoms with E-state index >= 15 is 0 Å². The van der Waals surface area contributed by atoms with Crippen molar-refractivity contribution in [3.8, 4) is 11.1 Å². The number of hydrogen-bond acceptors (Lipinski definition) is 1. The number of benzene rings is 2. The van der Waals surface area contributed by atoms with Gasteiger partial charge in [-0.3, -0.25) is 0 Å². The number of allylic oxidation sites excluding steroid dienone is 2. The van der Waals surface area contributed by atoms with Gasteiger partial charge in [-0.05, 0) is 81.3 Å². The maximum Gasteiger partial charge on any atom is 0.0826 e. The first-order valence-corrected chi connectivity index (χ1v) is 18.1. The summed E-state index contributed by atoms with van der Waals surface area (Å²) in [6.45, 7) is 18.9. The van der Waals surface area contributed by atoms with Gasteiger partial charge >= 0.3 is 0 Å². The van der Waals surface area contributed by atoms with E-state index in [2.05, 4.69) is 115 Å². The molecule has 189 valence electrons. The summed E-state index contributed by atoms with van der Waals surface area (Å²) in [5.74, 6) is 0. The molecule has 2 aromatic carbocycles. The third-order valence-corrected chi connectivity index (χ3v) is 13.7. The summed E-state index contributed by atoms with van der Waals surface area (Å²) < 4.78 is 1.58. The maximum atomic E-state index is 2.55. The second-order valence-electron chi connectivity index (χ2n) is 11.9. The van der Waals surface area contributed by atoms with Gasteiger partial charge in [0.25, 0.3) is 0 Å². The molecule has 37 heavy (non-hydrogen) atoms. The average molecular weight is 538 g/mol. The topological polar surface area (TPSA) is 0 Å². The molecule has 0 fully saturated rings. The Hall–Kier alpha value is -2.20. The number of aryl methyl sites for hydroxylation is 1. The summed E-state index contributed by atoms with van der Waals surface area (Å²) in [7, 11) is -0.511. The van der Waals surface area contributed by atoms with Crippen LogP contribution in [0.5, 0.6) is 0 Å². The largest absolute Gasteiger partial charge is 0.141 e. The van der Waals surface area contributed by atoms with Gasteiger partial charge in [0.1, 0.15) is 0 Å². The lowest BCUT2D eigenvalue weighted by atomic mass is 9.86. The summed E-state index contributed by atoms with van der Waals surface area (Å²) in [5, 5.41) is 3.69. The van der Waals surface area contributed by atoms with E-state index in [1.54, 1.807) is 30.6 Å². The van der Waals surface area contributed by atoms with Crippen LogP contribution in [0.4, 0.5) is 0 Å². The molecule has 2 aliphatic carbocycles. The molecule has 0 amide bonds. The lowest BCUT2D eigenvalue weighted by Gasteiger charge is -2.24. The smallest absolute Gasteiger partial charge is 0.0826 e. The first-order chi connectivity index (χ1) is 17.6. The first kappa shape index (κ1) is 25.1. The van der Waals surface area contributed by atoms with E-state index in [0.29, 0.717) is 5.25 Å². The monoisotopic (exact) mass is 537 g/mol. The van der Waals surface area contributed by atoms with E-state index in [1.165, 1.54) is 37.9 Å². The van der Waals surface area contributed by atoms with Crippen LogP contribution in [-0.4, -0.2) is 13.7 Å². The van der Waals surface area contributed by atoms with Gasteiger partial charge in [0.05, 0.1) is 14.0 Å². The fraction of sp³-hybridized carbons (Fsp3) is 0.324. The zero-order chi connectivity index (χ0) is 26.2. The molecule has 3 aromatic rings. The van der Waals surface area contributed by atoms with Crippen molar-refractivity contribution in [1.29, 1.82) is 0 Å². The van der Waals surface area contributed by atoms with Gasteiger partial charge in [0.15, 0.2) is 0 Å². The van der Waals surface area contributed by atoms with Crippen molar-refractivity contribution in [3.63, 3.8) is 0 Å². The van der Waals surface area contributed by atoms with Crippen LogP contribution in [0.2, 0.25) is 13.1 Å². The number of rotatable bonds is 4. The third-order valence-electron chi connectivity index (χ3n) is 8.05. The van der Waals surface area contributed by atoms with Crippen LogP contribution in [0.25, 0.3) is 28.0 Å². The van der Waals surface area contributed by atoms with Crippen LogP contribution in [0.15, 0.2) is 65.1 Å². The Balaban J connectivity index is 1.54. The Morgan fingerprint density at radius 1 is 0.973 bits per heavy atom. The van der Waals surface area contributed by atoms with Crippen molar-refractivity contribution in [3.05, 3.63) is 96.4 Å². The van der Waals surface area contributed by atoms with Gasteiger partial charge in [-0.15, -0.1) is 21.8 Å². The summed E-state index contributed by atoms with van der Waals surface area (Å²) in [5.41, 5.74) is 10.4. The van der Waals surface area contributed by atoms with E-state index in [9.17, 15) is 0 Å². The highest BCUT2D eigenvalue weighted by Crippen LogP contribution is 2.58. The average Bonchev–Trinajstić information content (AvgIpc) is 3.56. The Morgan fingerprint density at radius 3 is 2.35 bits per heavy atom. The van der Waals surface area contributed by atoms with Crippen molar-refractivity contribution < 1.29 is 0 Å². The van der Waals surface area contributed by atoms with Gasteiger partial charge in [-0.1, -0.05) is 94.9 Å². The molecule has 6 rings (SSSR count). The summed E-state index contributed by atoms with van der Waals surface area (Å²) in [6, 6.07) is 18.8. The minimum atomic E-state index is -0.592. The zero-order valence-corrected chi connectivity index (χ0v) is 26.0. The molecule has 0 spiro atoms. The number of hydrogen-bond donors (Lipinski definition) is 0. The van der Waals surface area contributed by atoms with E-state index in [0.717, 1.165) is 6.42 Å². The van der Waals surface area contributed by atoms with Gasteiger partial charge in [0.2, 0.25) is 0 Å². The minimum absolute atomic E-state index is 0.0814. The molecular weight excluding hydrogens is 501 g/mol. The molecule has 0 saturated carbocycles. The van der Waals surface area contributed by atoms with E-state index in [4.69, 9.17) is 0 Å². The van der Waals surface area contributed by atoms with Crippen LogP contribution in [0, 0.1) is 6.92 Å². The Kier molecular flexibility index (Phi) is 6.06. The second-order valence-corrected chi connectivity index (χ2v) is 17.9.